The largest absolute Gasteiger partial charge is 0.382 e. The summed E-state index contributed by atoms with van der Waals surface area (Å²) in [4.78, 5) is 0. The molecule has 1 heteroatoms. The summed E-state index contributed by atoms with van der Waals surface area (Å²) >= 11 is 0. The third-order valence-electron chi connectivity index (χ3n) is 4.02. The fourth-order valence-corrected chi connectivity index (χ4v) is 2.56. The lowest BCUT2D eigenvalue weighted by Crippen LogP contribution is -2.30. The molecule has 16 heavy (non-hydrogen) atoms. The maximum Gasteiger partial charge on any atom is 0.0342 e. The molecule has 1 aliphatic rings. The van der Waals surface area contributed by atoms with Gasteiger partial charge in [0, 0.05) is 11.7 Å². The third kappa shape index (κ3) is 2.78. The standard InChI is InChI=1S/C15H23N/c1-11-4-7-14(8-5-11)16-15-9-6-12(2)13(3)10-15/h4-5,7-8,12-13,15-16H,6,9-10H2,1-3H3. The zero-order valence-electron chi connectivity index (χ0n) is 10.7. The van der Waals surface area contributed by atoms with Crippen LogP contribution in [0.5, 0.6) is 0 Å². The van der Waals surface area contributed by atoms with E-state index in [2.05, 4.69) is 50.4 Å². The Bertz CT molecular complexity index is 328. The third-order valence-corrected chi connectivity index (χ3v) is 4.02. The molecule has 1 N–H and O–H groups in total. The second-order valence-electron chi connectivity index (χ2n) is 5.47. The summed E-state index contributed by atoms with van der Waals surface area (Å²) in [6.45, 7) is 6.90. The topological polar surface area (TPSA) is 12.0 Å². The molecule has 2 rings (SSSR count). The molecule has 1 aromatic rings. The first-order chi connectivity index (χ1) is 7.65. The van der Waals surface area contributed by atoms with E-state index in [9.17, 15) is 0 Å². The van der Waals surface area contributed by atoms with Crippen LogP contribution in [-0.2, 0) is 0 Å². The fraction of sp³-hybridized carbons (Fsp3) is 0.600. The van der Waals surface area contributed by atoms with Crippen LogP contribution in [0.4, 0.5) is 5.69 Å². The molecule has 1 nitrogen and oxygen atoms in total. The molecule has 0 amide bonds. The molecule has 3 unspecified atom stereocenters. The summed E-state index contributed by atoms with van der Waals surface area (Å²) in [7, 11) is 0. The smallest absolute Gasteiger partial charge is 0.0342 e. The molecule has 0 bridgehead atoms. The molecule has 1 aromatic carbocycles. The average molecular weight is 217 g/mol. The fourth-order valence-electron chi connectivity index (χ4n) is 2.56. The number of hydrogen-bond donors (Lipinski definition) is 1. The summed E-state index contributed by atoms with van der Waals surface area (Å²) in [5.74, 6) is 1.76. The predicted molar refractivity (Wildman–Crippen MR) is 70.8 cm³/mol. The van der Waals surface area contributed by atoms with Crippen LogP contribution < -0.4 is 5.32 Å². The number of anilines is 1. The van der Waals surface area contributed by atoms with Gasteiger partial charge >= 0.3 is 0 Å². The minimum Gasteiger partial charge on any atom is -0.382 e. The maximum absolute atomic E-state index is 3.66. The van der Waals surface area contributed by atoms with Crippen molar-refractivity contribution in [2.45, 2.75) is 46.1 Å². The van der Waals surface area contributed by atoms with Gasteiger partial charge in [-0.25, -0.2) is 0 Å². The lowest BCUT2D eigenvalue weighted by Gasteiger charge is -2.33. The molecule has 0 aliphatic heterocycles. The molecule has 0 heterocycles. The van der Waals surface area contributed by atoms with E-state index in [-0.39, 0.29) is 0 Å². The molecular weight excluding hydrogens is 194 g/mol. The van der Waals surface area contributed by atoms with Crippen LogP contribution in [0.15, 0.2) is 24.3 Å². The highest BCUT2D eigenvalue weighted by Gasteiger charge is 2.24. The van der Waals surface area contributed by atoms with Crippen LogP contribution in [0.3, 0.4) is 0 Å². The molecule has 88 valence electrons. The van der Waals surface area contributed by atoms with E-state index in [0.29, 0.717) is 6.04 Å². The Morgan fingerprint density at radius 3 is 2.31 bits per heavy atom. The van der Waals surface area contributed by atoms with E-state index >= 15 is 0 Å². The van der Waals surface area contributed by atoms with Crippen molar-refractivity contribution in [3.63, 3.8) is 0 Å². The van der Waals surface area contributed by atoms with Gasteiger partial charge in [-0.15, -0.1) is 0 Å². The van der Waals surface area contributed by atoms with Crippen molar-refractivity contribution in [1.29, 1.82) is 0 Å². The van der Waals surface area contributed by atoms with Gasteiger partial charge in [-0.05, 0) is 50.2 Å². The normalized spacial score (nSPS) is 30.1. The quantitative estimate of drug-likeness (QED) is 0.781. The van der Waals surface area contributed by atoms with Gasteiger partial charge in [0.1, 0.15) is 0 Å². The van der Waals surface area contributed by atoms with Gasteiger partial charge in [0.25, 0.3) is 0 Å². The molecule has 3 atom stereocenters. The molecular formula is C15H23N. The highest BCUT2D eigenvalue weighted by molar-refractivity contribution is 5.45. The van der Waals surface area contributed by atoms with Crippen LogP contribution >= 0.6 is 0 Å². The minimum atomic E-state index is 0.675. The van der Waals surface area contributed by atoms with Crippen LogP contribution in [0.25, 0.3) is 0 Å². The first-order valence-electron chi connectivity index (χ1n) is 6.48. The van der Waals surface area contributed by atoms with Crippen molar-refractivity contribution in [1.82, 2.24) is 0 Å². The molecule has 0 spiro atoms. The Kier molecular flexibility index (Phi) is 3.52. The Morgan fingerprint density at radius 2 is 1.69 bits per heavy atom. The first-order valence-corrected chi connectivity index (χ1v) is 6.48. The Labute approximate surface area is 99.3 Å². The molecule has 0 saturated heterocycles. The summed E-state index contributed by atoms with van der Waals surface area (Å²) in [5, 5.41) is 3.66. The van der Waals surface area contributed by atoms with E-state index in [0.717, 1.165) is 11.8 Å². The predicted octanol–water partition coefficient (Wildman–Crippen LogP) is 4.23. The zero-order chi connectivity index (χ0) is 11.5. The van der Waals surface area contributed by atoms with Gasteiger partial charge in [-0.3, -0.25) is 0 Å². The van der Waals surface area contributed by atoms with Crippen LogP contribution in [-0.4, -0.2) is 6.04 Å². The Balaban J connectivity index is 1.93. The van der Waals surface area contributed by atoms with Gasteiger partial charge in [0.15, 0.2) is 0 Å². The highest BCUT2D eigenvalue weighted by Crippen LogP contribution is 2.30. The first kappa shape index (κ1) is 11.5. The van der Waals surface area contributed by atoms with Crippen molar-refractivity contribution in [2.24, 2.45) is 11.8 Å². The molecule has 0 radical (unpaired) electrons. The second-order valence-corrected chi connectivity index (χ2v) is 5.47. The van der Waals surface area contributed by atoms with Crippen molar-refractivity contribution >= 4 is 5.69 Å². The Morgan fingerprint density at radius 1 is 1.00 bits per heavy atom. The number of rotatable bonds is 2. The summed E-state index contributed by atoms with van der Waals surface area (Å²) in [5.41, 5.74) is 2.61. The number of nitrogens with one attached hydrogen (secondary N) is 1. The van der Waals surface area contributed by atoms with Gasteiger partial charge in [-0.1, -0.05) is 31.5 Å². The average Bonchev–Trinajstić information content (AvgIpc) is 2.27. The van der Waals surface area contributed by atoms with Crippen LogP contribution in [0.2, 0.25) is 0 Å². The number of benzene rings is 1. The lowest BCUT2D eigenvalue weighted by atomic mass is 9.79. The number of hydrogen-bond acceptors (Lipinski definition) is 1. The zero-order valence-corrected chi connectivity index (χ0v) is 10.7. The van der Waals surface area contributed by atoms with Crippen molar-refractivity contribution < 1.29 is 0 Å². The van der Waals surface area contributed by atoms with Gasteiger partial charge in [-0.2, -0.15) is 0 Å². The van der Waals surface area contributed by atoms with Gasteiger partial charge in [0.2, 0.25) is 0 Å². The van der Waals surface area contributed by atoms with Crippen molar-refractivity contribution in [2.75, 3.05) is 5.32 Å². The van der Waals surface area contributed by atoms with Gasteiger partial charge < -0.3 is 5.32 Å². The number of aryl methyl sites for hydroxylation is 1. The minimum absolute atomic E-state index is 0.675. The summed E-state index contributed by atoms with van der Waals surface area (Å²) < 4.78 is 0. The lowest BCUT2D eigenvalue weighted by molar-refractivity contribution is 0.261. The van der Waals surface area contributed by atoms with E-state index in [1.807, 2.05) is 0 Å². The monoisotopic (exact) mass is 217 g/mol. The van der Waals surface area contributed by atoms with Crippen LogP contribution in [0.1, 0.15) is 38.7 Å². The molecule has 1 fully saturated rings. The molecule has 1 saturated carbocycles. The SMILES string of the molecule is Cc1ccc(NC2CCC(C)C(C)C2)cc1. The molecule has 1 aliphatic carbocycles. The van der Waals surface area contributed by atoms with E-state index in [1.54, 1.807) is 0 Å². The van der Waals surface area contributed by atoms with E-state index < -0.39 is 0 Å². The maximum atomic E-state index is 3.66. The molecule has 0 aromatic heterocycles. The Hall–Kier alpha value is -0.980. The van der Waals surface area contributed by atoms with Crippen LogP contribution in [0, 0.1) is 18.8 Å². The second kappa shape index (κ2) is 4.90. The highest BCUT2D eigenvalue weighted by atomic mass is 14.9. The van der Waals surface area contributed by atoms with Gasteiger partial charge in [0.05, 0.1) is 0 Å². The van der Waals surface area contributed by atoms with Crippen molar-refractivity contribution in [3.8, 4) is 0 Å². The summed E-state index contributed by atoms with van der Waals surface area (Å²) in [6.07, 6.45) is 4.00. The van der Waals surface area contributed by atoms with E-state index in [4.69, 9.17) is 0 Å². The van der Waals surface area contributed by atoms with Crippen molar-refractivity contribution in [3.05, 3.63) is 29.8 Å². The van der Waals surface area contributed by atoms with E-state index in [1.165, 1.54) is 30.5 Å². The summed E-state index contributed by atoms with van der Waals surface area (Å²) in [6, 6.07) is 9.42.